The van der Waals surface area contributed by atoms with Gasteiger partial charge in [0.1, 0.15) is 5.82 Å². The normalized spacial score (nSPS) is 21.3. The maximum absolute atomic E-state index is 12.8. The predicted octanol–water partition coefficient (Wildman–Crippen LogP) is 2.97. The summed E-state index contributed by atoms with van der Waals surface area (Å²) in [6.07, 6.45) is 4.21. The zero-order valence-electron chi connectivity index (χ0n) is 12.5. The number of aromatic amines is 1. The zero-order valence-corrected chi connectivity index (χ0v) is 13.3. The molecular weight excluding hydrogens is 302 g/mol. The van der Waals surface area contributed by atoms with Gasteiger partial charge in [0.2, 0.25) is 0 Å². The molecule has 116 valence electrons. The summed E-state index contributed by atoms with van der Waals surface area (Å²) < 4.78 is 5.44. The molecule has 1 saturated heterocycles. The summed E-state index contributed by atoms with van der Waals surface area (Å²) in [4.78, 5) is 22.0. The highest BCUT2D eigenvalue weighted by atomic mass is 35.5. The third-order valence-electron chi connectivity index (χ3n) is 4.11. The van der Waals surface area contributed by atoms with Gasteiger partial charge in [0, 0.05) is 43.1 Å². The molecule has 2 heterocycles. The maximum atomic E-state index is 12.8. The van der Waals surface area contributed by atoms with E-state index in [2.05, 4.69) is 9.97 Å². The quantitative estimate of drug-likeness (QED) is 0.946. The van der Waals surface area contributed by atoms with Crippen LogP contribution in [0, 0.1) is 6.92 Å². The number of aromatic nitrogens is 2. The number of nitrogens with zero attached hydrogens (tertiary/aromatic N) is 2. The molecule has 1 aliphatic rings. The number of likely N-dealkylation sites (tertiary alicyclic amines) is 1. The molecule has 2 aromatic rings. The number of methoxy groups -OCH3 is 1. The Morgan fingerprint density at radius 1 is 1.50 bits per heavy atom. The van der Waals surface area contributed by atoms with Crippen LogP contribution in [0.1, 0.15) is 34.2 Å². The van der Waals surface area contributed by atoms with Gasteiger partial charge in [0.25, 0.3) is 5.91 Å². The number of rotatable bonds is 3. The van der Waals surface area contributed by atoms with E-state index in [1.807, 2.05) is 19.1 Å². The molecule has 1 amide bonds. The molecule has 1 fully saturated rings. The number of hydrogen-bond acceptors (Lipinski definition) is 3. The first-order valence-corrected chi connectivity index (χ1v) is 7.57. The second kappa shape index (κ2) is 6.10. The molecule has 1 aliphatic heterocycles. The second-order valence-corrected chi connectivity index (χ2v) is 5.91. The van der Waals surface area contributed by atoms with Crippen LogP contribution in [0.5, 0.6) is 0 Å². The monoisotopic (exact) mass is 319 g/mol. The van der Waals surface area contributed by atoms with Crippen molar-refractivity contribution in [1.82, 2.24) is 14.9 Å². The lowest BCUT2D eigenvalue weighted by atomic mass is 10.1. The van der Waals surface area contributed by atoms with Crippen molar-refractivity contribution in [2.75, 3.05) is 13.7 Å². The number of carbonyl (C=O) groups is 1. The number of halogens is 1. The van der Waals surface area contributed by atoms with Gasteiger partial charge in [-0.15, -0.1) is 0 Å². The summed E-state index contributed by atoms with van der Waals surface area (Å²) in [6.45, 7) is 2.46. The third kappa shape index (κ3) is 2.74. The summed E-state index contributed by atoms with van der Waals surface area (Å²) in [7, 11) is 1.67. The first-order valence-electron chi connectivity index (χ1n) is 7.19. The minimum Gasteiger partial charge on any atom is -0.380 e. The van der Waals surface area contributed by atoms with Gasteiger partial charge in [-0.25, -0.2) is 4.98 Å². The van der Waals surface area contributed by atoms with Gasteiger partial charge in [-0.1, -0.05) is 17.7 Å². The van der Waals surface area contributed by atoms with Gasteiger partial charge < -0.3 is 14.6 Å². The van der Waals surface area contributed by atoms with E-state index >= 15 is 0 Å². The topological polar surface area (TPSA) is 58.2 Å². The minimum absolute atomic E-state index is 0.0139. The molecule has 1 unspecified atom stereocenters. The van der Waals surface area contributed by atoms with E-state index in [0.29, 0.717) is 17.1 Å². The average molecular weight is 320 g/mol. The summed E-state index contributed by atoms with van der Waals surface area (Å²) in [5, 5.41) is 0.600. The highest BCUT2D eigenvalue weighted by molar-refractivity contribution is 6.31. The fourth-order valence-electron chi connectivity index (χ4n) is 2.80. The number of benzene rings is 1. The molecule has 0 radical (unpaired) electrons. The first-order chi connectivity index (χ1) is 10.6. The Balaban J connectivity index is 1.90. The van der Waals surface area contributed by atoms with Crippen molar-refractivity contribution < 1.29 is 9.53 Å². The average Bonchev–Trinajstić information content (AvgIpc) is 3.17. The van der Waals surface area contributed by atoms with Crippen molar-refractivity contribution in [2.45, 2.75) is 25.5 Å². The van der Waals surface area contributed by atoms with Crippen LogP contribution in [0.3, 0.4) is 0 Å². The van der Waals surface area contributed by atoms with Crippen molar-refractivity contribution in [3.8, 4) is 0 Å². The van der Waals surface area contributed by atoms with E-state index in [1.54, 1.807) is 30.5 Å². The SMILES string of the molecule is CO[C@@H]1CC(c2ncc[nH]2)N(C(=O)c2ccc(C)c(Cl)c2)C1. The molecular formula is C16H18ClN3O2. The van der Waals surface area contributed by atoms with Gasteiger partial charge in [-0.3, -0.25) is 4.79 Å². The fraction of sp³-hybridized carbons (Fsp3) is 0.375. The Morgan fingerprint density at radius 2 is 2.32 bits per heavy atom. The first kappa shape index (κ1) is 15.1. The van der Waals surface area contributed by atoms with Crippen molar-refractivity contribution in [1.29, 1.82) is 0 Å². The number of imidazole rings is 1. The summed E-state index contributed by atoms with van der Waals surface area (Å²) in [6, 6.07) is 5.29. The van der Waals surface area contributed by atoms with Crippen LogP contribution in [-0.2, 0) is 4.74 Å². The molecule has 1 aromatic heterocycles. The lowest BCUT2D eigenvalue weighted by Crippen LogP contribution is -2.32. The van der Waals surface area contributed by atoms with Gasteiger partial charge in [-0.2, -0.15) is 0 Å². The van der Waals surface area contributed by atoms with Crippen LogP contribution in [0.25, 0.3) is 0 Å². The Bertz CT molecular complexity index is 672. The Hall–Kier alpha value is -1.85. The Labute approximate surface area is 134 Å². The number of H-pyrrole nitrogens is 1. The maximum Gasteiger partial charge on any atom is 0.254 e. The van der Waals surface area contributed by atoms with E-state index in [1.165, 1.54) is 0 Å². The Morgan fingerprint density at radius 3 is 2.95 bits per heavy atom. The standard InChI is InChI=1S/C16H18ClN3O2/c1-10-3-4-11(7-13(10)17)16(21)20-9-12(22-2)8-14(20)15-18-5-6-19-15/h3-7,12,14H,8-9H2,1-2H3,(H,18,19)/t12-,14?/m1/s1. The largest absolute Gasteiger partial charge is 0.380 e. The smallest absolute Gasteiger partial charge is 0.254 e. The van der Waals surface area contributed by atoms with E-state index in [4.69, 9.17) is 16.3 Å². The van der Waals surface area contributed by atoms with Crippen molar-refractivity contribution in [3.63, 3.8) is 0 Å². The third-order valence-corrected chi connectivity index (χ3v) is 4.52. The molecule has 0 bridgehead atoms. The predicted molar refractivity (Wildman–Crippen MR) is 84.0 cm³/mol. The number of amides is 1. The van der Waals surface area contributed by atoms with E-state index in [9.17, 15) is 4.79 Å². The highest BCUT2D eigenvalue weighted by Gasteiger charge is 2.38. The molecule has 0 aliphatic carbocycles. The highest BCUT2D eigenvalue weighted by Crippen LogP contribution is 2.33. The molecule has 1 aromatic carbocycles. The van der Waals surface area contributed by atoms with Gasteiger partial charge in [-0.05, 0) is 24.6 Å². The van der Waals surface area contributed by atoms with Gasteiger partial charge >= 0.3 is 0 Å². The summed E-state index contributed by atoms with van der Waals surface area (Å²) in [5.74, 6) is 0.731. The fourth-order valence-corrected chi connectivity index (χ4v) is 2.98. The van der Waals surface area contributed by atoms with Crippen LogP contribution in [0.2, 0.25) is 5.02 Å². The molecule has 3 rings (SSSR count). The minimum atomic E-state index is -0.104. The molecule has 6 heteroatoms. The van der Waals surface area contributed by atoms with Crippen LogP contribution >= 0.6 is 11.6 Å². The zero-order chi connectivity index (χ0) is 15.7. The molecule has 22 heavy (non-hydrogen) atoms. The lowest BCUT2D eigenvalue weighted by Gasteiger charge is -2.23. The van der Waals surface area contributed by atoms with Crippen LogP contribution in [0.15, 0.2) is 30.6 Å². The molecule has 5 nitrogen and oxygen atoms in total. The number of carbonyl (C=O) groups excluding carboxylic acids is 1. The number of aryl methyl sites for hydroxylation is 1. The van der Waals surface area contributed by atoms with Crippen LogP contribution in [0.4, 0.5) is 0 Å². The Kier molecular flexibility index (Phi) is 4.18. The summed E-state index contributed by atoms with van der Waals surface area (Å²) >= 11 is 6.14. The van der Waals surface area contributed by atoms with E-state index < -0.39 is 0 Å². The van der Waals surface area contributed by atoms with Crippen LogP contribution in [-0.4, -0.2) is 40.5 Å². The van der Waals surface area contributed by atoms with E-state index in [0.717, 1.165) is 17.8 Å². The van der Waals surface area contributed by atoms with Gasteiger partial charge in [0.15, 0.2) is 0 Å². The molecule has 0 spiro atoms. The van der Waals surface area contributed by atoms with Crippen molar-refractivity contribution >= 4 is 17.5 Å². The number of ether oxygens (including phenoxy) is 1. The number of hydrogen-bond donors (Lipinski definition) is 1. The van der Waals surface area contributed by atoms with Crippen molar-refractivity contribution in [2.24, 2.45) is 0 Å². The van der Waals surface area contributed by atoms with E-state index in [-0.39, 0.29) is 18.1 Å². The second-order valence-electron chi connectivity index (χ2n) is 5.51. The van der Waals surface area contributed by atoms with Crippen LogP contribution < -0.4 is 0 Å². The molecule has 1 N–H and O–H groups in total. The number of nitrogens with one attached hydrogen (secondary N) is 1. The molecule has 0 saturated carbocycles. The molecule has 2 atom stereocenters. The van der Waals surface area contributed by atoms with Crippen molar-refractivity contribution in [3.05, 3.63) is 52.6 Å². The van der Waals surface area contributed by atoms with Gasteiger partial charge in [0.05, 0.1) is 12.1 Å². The summed E-state index contributed by atoms with van der Waals surface area (Å²) in [5.41, 5.74) is 1.54. The lowest BCUT2D eigenvalue weighted by molar-refractivity contribution is 0.0684.